The van der Waals surface area contributed by atoms with Crippen LogP contribution in [0.3, 0.4) is 0 Å². The number of nitrogens with two attached hydrogens (primary N) is 1. The monoisotopic (exact) mass is 405 g/mol. The zero-order chi connectivity index (χ0) is 19.6. The molecule has 0 bridgehead atoms. The third-order valence-corrected chi connectivity index (χ3v) is 5.14. The van der Waals surface area contributed by atoms with Gasteiger partial charge in [-0.2, -0.15) is 4.98 Å². The zero-order valence-corrected chi connectivity index (χ0v) is 15.6. The molecule has 0 spiro atoms. The molecule has 12 nitrogen and oxygen atoms in total. The molecule has 4 atom stereocenters. The number of phosphoric ester groups is 1. The number of hydrogen-bond acceptors (Lipinski definition) is 11. The van der Waals surface area contributed by atoms with Crippen molar-refractivity contribution >= 4 is 19.8 Å². The number of ether oxygens (including phenoxy) is 3. The van der Waals surface area contributed by atoms with E-state index in [9.17, 15) is 14.2 Å². The van der Waals surface area contributed by atoms with E-state index >= 15 is 0 Å². The topological polar surface area (TPSA) is 150 Å². The van der Waals surface area contributed by atoms with Crippen molar-refractivity contribution in [1.82, 2.24) is 9.55 Å². The number of rotatable bonds is 5. The lowest BCUT2D eigenvalue weighted by Gasteiger charge is -2.29. The van der Waals surface area contributed by atoms with Crippen LogP contribution in [-0.2, 0) is 32.3 Å². The van der Waals surface area contributed by atoms with E-state index in [0.29, 0.717) is 0 Å². The van der Waals surface area contributed by atoms with Crippen LogP contribution in [-0.4, -0.2) is 47.4 Å². The Labute approximate surface area is 154 Å². The van der Waals surface area contributed by atoms with E-state index in [1.54, 1.807) is 13.8 Å². The maximum absolute atomic E-state index is 12.5. The summed E-state index contributed by atoms with van der Waals surface area (Å²) in [6.45, 7) is 2.56. The highest BCUT2D eigenvalue weighted by Crippen LogP contribution is 2.56. The first kappa shape index (κ1) is 19.8. The molecule has 1 aromatic heterocycles. The van der Waals surface area contributed by atoms with Crippen molar-refractivity contribution in [3.63, 3.8) is 0 Å². The van der Waals surface area contributed by atoms with Crippen molar-refractivity contribution < 1.29 is 37.1 Å². The lowest BCUT2D eigenvalue weighted by Crippen LogP contribution is -2.33. The average Bonchev–Trinajstić information content (AvgIpc) is 2.96. The molecule has 13 heteroatoms. The third-order valence-electron chi connectivity index (χ3n) is 3.72. The van der Waals surface area contributed by atoms with Crippen LogP contribution in [0, 0.1) is 0 Å². The number of hydrogen-bond donors (Lipinski definition) is 1. The van der Waals surface area contributed by atoms with E-state index in [4.69, 9.17) is 28.8 Å². The van der Waals surface area contributed by atoms with Crippen molar-refractivity contribution in [2.45, 2.75) is 44.8 Å². The second kappa shape index (κ2) is 7.95. The Morgan fingerprint density at radius 2 is 2.26 bits per heavy atom. The van der Waals surface area contributed by atoms with Gasteiger partial charge in [-0.3, -0.25) is 13.6 Å². The van der Waals surface area contributed by atoms with Gasteiger partial charge in [0, 0.05) is 12.6 Å². The fourth-order valence-corrected chi connectivity index (χ4v) is 3.83. The normalized spacial score (nSPS) is 30.1. The predicted octanol–water partition coefficient (Wildman–Crippen LogP) is 1.17. The van der Waals surface area contributed by atoms with Crippen molar-refractivity contribution in [3.8, 4) is 0 Å². The molecule has 3 heterocycles. The molecule has 2 saturated heterocycles. The third kappa shape index (κ3) is 4.85. The van der Waals surface area contributed by atoms with Crippen LogP contribution in [0.15, 0.2) is 17.1 Å². The van der Waals surface area contributed by atoms with Crippen molar-refractivity contribution in [1.29, 1.82) is 0 Å². The second-order valence-corrected chi connectivity index (χ2v) is 7.72. The number of anilines is 1. The van der Waals surface area contributed by atoms with Gasteiger partial charge in [-0.15, -0.1) is 0 Å². The van der Waals surface area contributed by atoms with Gasteiger partial charge in [-0.25, -0.2) is 18.7 Å². The molecule has 0 amide bonds. The molecule has 2 aliphatic heterocycles. The van der Waals surface area contributed by atoms with Crippen LogP contribution in [0.1, 0.15) is 26.5 Å². The zero-order valence-electron chi connectivity index (χ0n) is 14.7. The Bertz CT molecular complexity index is 798. The minimum absolute atomic E-state index is 0.0773. The van der Waals surface area contributed by atoms with E-state index in [1.807, 2.05) is 0 Å². The maximum Gasteiger partial charge on any atom is 0.510 e. The van der Waals surface area contributed by atoms with E-state index in [2.05, 4.69) is 9.72 Å². The van der Waals surface area contributed by atoms with Gasteiger partial charge in [-0.1, -0.05) is 0 Å². The van der Waals surface area contributed by atoms with Gasteiger partial charge in [0.05, 0.1) is 12.7 Å². The summed E-state index contributed by atoms with van der Waals surface area (Å²) in [6, 6.07) is 1.46. The average molecular weight is 405 g/mol. The van der Waals surface area contributed by atoms with Crippen LogP contribution in [0.2, 0.25) is 0 Å². The van der Waals surface area contributed by atoms with Crippen molar-refractivity contribution in [2.75, 3.05) is 19.1 Å². The Morgan fingerprint density at radius 3 is 2.96 bits per heavy atom. The highest BCUT2D eigenvalue weighted by Gasteiger charge is 2.48. The van der Waals surface area contributed by atoms with Gasteiger partial charge in [0.2, 0.25) is 6.79 Å². The van der Waals surface area contributed by atoms with E-state index < -0.39 is 44.9 Å². The lowest BCUT2D eigenvalue weighted by molar-refractivity contribution is -0.0840. The van der Waals surface area contributed by atoms with E-state index in [0.717, 1.165) is 0 Å². The minimum atomic E-state index is -3.95. The molecule has 3 rings (SSSR count). The van der Waals surface area contributed by atoms with Gasteiger partial charge in [-0.05, 0) is 19.9 Å². The minimum Gasteiger partial charge on any atom is -0.432 e. The molecule has 150 valence electrons. The molecule has 0 aromatic carbocycles. The van der Waals surface area contributed by atoms with Gasteiger partial charge < -0.3 is 19.9 Å². The molecular weight excluding hydrogens is 385 g/mol. The van der Waals surface area contributed by atoms with Crippen LogP contribution < -0.4 is 11.4 Å². The molecule has 1 aromatic rings. The number of carbonyl (C=O) groups excluding carboxylic acids is 1. The summed E-state index contributed by atoms with van der Waals surface area (Å²) in [5.74, 6) is 0.0974. The van der Waals surface area contributed by atoms with Crippen molar-refractivity contribution in [3.05, 3.63) is 22.7 Å². The van der Waals surface area contributed by atoms with Gasteiger partial charge in [0.15, 0.2) is 0 Å². The van der Waals surface area contributed by atoms with E-state index in [1.165, 1.54) is 16.8 Å². The maximum atomic E-state index is 12.5. The SMILES string of the molecule is CC(C)OC(=O)OCOP1(=O)OC[C@H]2O[C@@H](n3ccc(N)nc3=O)C[C@@H]2O1. The summed E-state index contributed by atoms with van der Waals surface area (Å²) in [5, 5.41) is 0. The summed E-state index contributed by atoms with van der Waals surface area (Å²) in [5.41, 5.74) is 4.89. The molecule has 2 aliphatic rings. The summed E-state index contributed by atoms with van der Waals surface area (Å²) in [7, 11) is -3.95. The first-order chi connectivity index (χ1) is 12.8. The van der Waals surface area contributed by atoms with Gasteiger partial charge in [0.1, 0.15) is 24.3 Å². The Morgan fingerprint density at radius 1 is 1.48 bits per heavy atom. The number of nitrogen functional groups attached to an aromatic ring is 1. The fraction of sp³-hybridized carbons (Fsp3) is 0.643. The highest BCUT2D eigenvalue weighted by atomic mass is 31.2. The number of fused-ring (bicyclic) bond motifs is 1. The lowest BCUT2D eigenvalue weighted by atomic mass is 10.2. The van der Waals surface area contributed by atoms with Gasteiger partial charge >= 0.3 is 19.7 Å². The number of phosphoric acid groups is 1. The quantitative estimate of drug-likeness (QED) is 0.427. The molecule has 0 aliphatic carbocycles. The summed E-state index contributed by atoms with van der Waals surface area (Å²) < 4.78 is 44.2. The summed E-state index contributed by atoms with van der Waals surface area (Å²) in [6.07, 6.45) is -1.51. The van der Waals surface area contributed by atoms with Crippen LogP contribution >= 0.6 is 7.82 Å². The Hall–Kier alpha value is -1.98. The molecule has 2 N–H and O–H groups in total. The van der Waals surface area contributed by atoms with Crippen molar-refractivity contribution in [2.24, 2.45) is 0 Å². The highest BCUT2D eigenvalue weighted by molar-refractivity contribution is 7.48. The van der Waals surface area contributed by atoms with Gasteiger partial charge in [0.25, 0.3) is 0 Å². The second-order valence-electron chi connectivity index (χ2n) is 6.10. The fourth-order valence-electron chi connectivity index (χ4n) is 2.57. The molecule has 27 heavy (non-hydrogen) atoms. The summed E-state index contributed by atoms with van der Waals surface area (Å²) in [4.78, 5) is 26.8. The first-order valence-corrected chi connectivity index (χ1v) is 9.63. The Kier molecular flexibility index (Phi) is 5.82. The standard InChI is InChI=1S/C14H20N3O9P/c1-8(2)24-14(19)21-7-23-27(20)22-6-10-9(26-27)5-12(25-10)17-4-3-11(15)16-13(17)18/h3-4,8-10,12H,5-7H2,1-2H3,(H2,15,16,18)/t9-,10+,12+,27?/m0/s1. The first-order valence-electron chi connectivity index (χ1n) is 8.17. The largest absolute Gasteiger partial charge is 0.510 e. The van der Waals surface area contributed by atoms with Crippen LogP contribution in [0.4, 0.5) is 10.6 Å². The molecule has 0 saturated carbocycles. The van der Waals surface area contributed by atoms with Crippen LogP contribution in [0.5, 0.6) is 0 Å². The number of aromatic nitrogens is 2. The Balaban J connectivity index is 1.55. The molecular formula is C14H20N3O9P. The number of nitrogens with zero attached hydrogens (tertiary/aromatic N) is 2. The number of carbonyl (C=O) groups is 1. The molecule has 0 radical (unpaired) electrons. The predicted molar refractivity (Wildman–Crippen MR) is 88.5 cm³/mol. The van der Waals surface area contributed by atoms with Crippen LogP contribution in [0.25, 0.3) is 0 Å². The smallest absolute Gasteiger partial charge is 0.432 e. The molecule has 1 unspecified atom stereocenters. The molecule has 2 fully saturated rings. The summed E-state index contributed by atoms with van der Waals surface area (Å²) >= 11 is 0. The van der Waals surface area contributed by atoms with E-state index in [-0.39, 0.29) is 24.9 Å².